The summed E-state index contributed by atoms with van der Waals surface area (Å²) in [7, 11) is 0. The van der Waals surface area contributed by atoms with Gasteiger partial charge in [0.15, 0.2) is 0 Å². The predicted octanol–water partition coefficient (Wildman–Crippen LogP) is 4.11. The molecule has 4 aliphatic carbocycles. The summed E-state index contributed by atoms with van der Waals surface area (Å²) in [6.07, 6.45) is 13.1. The summed E-state index contributed by atoms with van der Waals surface area (Å²) < 4.78 is 0. The molecule has 0 saturated heterocycles. The lowest BCUT2D eigenvalue weighted by molar-refractivity contribution is 0.0168. The largest absolute Gasteiger partial charge is 0.389 e. The molecule has 114 valence electrons. The summed E-state index contributed by atoms with van der Waals surface area (Å²) in [4.78, 5) is 0. The molecule has 6 atom stereocenters. The van der Waals surface area contributed by atoms with Crippen LogP contribution in [0.5, 0.6) is 0 Å². The third-order valence-corrected chi connectivity index (χ3v) is 7.41. The molecule has 1 unspecified atom stereocenters. The number of allylic oxidation sites excluding steroid dienone is 2. The van der Waals surface area contributed by atoms with E-state index >= 15 is 0 Å². The van der Waals surface area contributed by atoms with Crippen molar-refractivity contribution in [1.82, 2.24) is 0 Å². The number of aliphatic hydroxyl groups excluding tert-OH is 1. The molecule has 0 spiro atoms. The molecule has 0 bridgehead atoms. The lowest BCUT2D eigenvalue weighted by atomic mass is 9.49. The van der Waals surface area contributed by atoms with Crippen LogP contribution in [-0.2, 0) is 0 Å². The summed E-state index contributed by atoms with van der Waals surface area (Å²) in [5, 5.41) is 18.3. The Bertz CT molecular complexity index is 548. The molecule has 0 aliphatic heterocycles. The Kier molecular flexibility index (Phi) is 2.83. The Balaban J connectivity index is 1.72. The number of fused-ring (bicyclic) bond motifs is 5. The topological polar surface area (TPSA) is 44.1 Å². The quantitative estimate of drug-likeness (QED) is 0.646. The molecule has 2 saturated carbocycles. The van der Waals surface area contributed by atoms with Crippen LogP contribution >= 0.6 is 0 Å². The molecule has 0 aromatic heterocycles. The highest BCUT2D eigenvalue weighted by molar-refractivity contribution is 5.89. The Morgan fingerprint density at radius 3 is 2.86 bits per heavy atom. The van der Waals surface area contributed by atoms with Gasteiger partial charge < -0.3 is 10.5 Å². The number of nitrogens with one attached hydrogen (secondary N) is 1. The predicted molar refractivity (Wildman–Crippen MR) is 85.3 cm³/mol. The second kappa shape index (κ2) is 4.32. The zero-order valence-electron chi connectivity index (χ0n) is 13.2. The van der Waals surface area contributed by atoms with Crippen LogP contribution < -0.4 is 0 Å². The van der Waals surface area contributed by atoms with Gasteiger partial charge in [-0.3, -0.25) is 0 Å². The molecular weight excluding hydrogens is 258 g/mol. The van der Waals surface area contributed by atoms with Crippen LogP contribution in [0.4, 0.5) is 0 Å². The molecule has 2 fully saturated rings. The molecular formula is C19H27NO. The lowest BCUT2D eigenvalue weighted by Crippen LogP contribution is -2.49. The van der Waals surface area contributed by atoms with Crippen molar-refractivity contribution in [2.24, 2.45) is 28.6 Å². The van der Waals surface area contributed by atoms with Crippen molar-refractivity contribution in [2.75, 3.05) is 0 Å². The van der Waals surface area contributed by atoms with Gasteiger partial charge in [-0.05, 0) is 56.3 Å². The maximum Gasteiger partial charge on any atom is 0.0758 e. The van der Waals surface area contributed by atoms with Gasteiger partial charge in [-0.2, -0.15) is 0 Å². The van der Waals surface area contributed by atoms with Gasteiger partial charge in [-0.1, -0.05) is 37.6 Å². The number of rotatable bonds is 0. The highest BCUT2D eigenvalue weighted by Crippen LogP contribution is 2.62. The minimum absolute atomic E-state index is 0.161. The molecule has 2 N–H and O–H groups in total. The summed E-state index contributed by atoms with van der Waals surface area (Å²) in [6.45, 7) is 4.74. The molecule has 2 nitrogen and oxygen atoms in total. The van der Waals surface area contributed by atoms with Gasteiger partial charge in [-0.15, -0.1) is 0 Å². The maximum atomic E-state index is 9.93. The van der Waals surface area contributed by atoms with E-state index < -0.39 is 0 Å². The van der Waals surface area contributed by atoms with E-state index in [0.717, 1.165) is 24.5 Å². The van der Waals surface area contributed by atoms with Crippen molar-refractivity contribution < 1.29 is 5.11 Å². The van der Waals surface area contributed by atoms with E-state index in [1.54, 1.807) is 0 Å². The minimum Gasteiger partial charge on any atom is -0.389 e. The first-order valence-corrected chi connectivity index (χ1v) is 8.60. The molecule has 0 aromatic rings. The summed E-state index contributed by atoms with van der Waals surface area (Å²) in [5.74, 6) is 2.16. The van der Waals surface area contributed by atoms with E-state index in [9.17, 15) is 5.11 Å². The van der Waals surface area contributed by atoms with Crippen molar-refractivity contribution in [3.05, 3.63) is 23.8 Å². The zero-order valence-corrected chi connectivity index (χ0v) is 13.2. The minimum atomic E-state index is -0.283. The summed E-state index contributed by atoms with van der Waals surface area (Å²) in [5.41, 5.74) is 2.82. The fourth-order valence-electron chi connectivity index (χ4n) is 6.05. The van der Waals surface area contributed by atoms with Crippen molar-refractivity contribution in [2.45, 2.75) is 58.5 Å². The van der Waals surface area contributed by atoms with Gasteiger partial charge >= 0.3 is 0 Å². The van der Waals surface area contributed by atoms with Crippen LogP contribution in [0.25, 0.3) is 0 Å². The zero-order chi connectivity index (χ0) is 14.8. The maximum absolute atomic E-state index is 9.93. The third kappa shape index (κ3) is 1.72. The second-order valence-corrected chi connectivity index (χ2v) is 8.23. The number of aliphatic hydroxyl groups is 1. The SMILES string of the molecule is C[C@]12C=CC(O)CC1=CC[C@@H]1[C@H]2CC[C@]2(C)C(=N)CC[C@@H]12. The number of hydrogen-bond donors (Lipinski definition) is 2. The second-order valence-electron chi connectivity index (χ2n) is 8.23. The average Bonchev–Trinajstić information content (AvgIpc) is 2.76. The van der Waals surface area contributed by atoms with E-state index in [1.165, 1.54) is 31.3 Å². The van der Waals surface area contributed by atoms with Crippen molar-refractivity contribution in [3.63, 3.8) is 0 Å². The molecule has 0 heterocycles. The van der Waals surface area contributed by atoms with Gasteiger partial charge in [0.1, 0.15) is 0 Å². The van der Waals surface area contributed by atoms with Crippen LogP contribution in [0, 0.1) is 34.0 Å². The molecule has 0 radical (unpaired) electrons. The number of hydrogen-bond acceptors (Lipinski definition) is 2. The van der Waals surface area contributed by atoms with Crippen LogP contribution in [0.3, 0.4) is 0 Å². The van der Waals surface area contributed by atoms with Gasteiger partial charge in [-0.25, -0.2) is 0 Å². The van der Waals surface area contributed by atoms with Crippen molar-refractivity contribution >= 4 is 5.71 Å². The summed E-state index contributed by atoms with van der Waals surface area (Å²) in [6, 6.07) is 0. The van der Waals surface area contributed by atoms with Gasteiger partial charge in [0.25, 0.3) is 0 Å². The lowest BCUT2D eigenvalue weighted by Gasteiger charge is -2.55. The summed E-state index contributed by atoms with van der Waals surface area (Å²) >= 11 is 0. The highest BCUT2D eigenvalue weighted by Gasteiger charge is 2.56. The van der Waals surface area contributed by atoms with E-state index in [0.29, 0.717) is 11.8 Å². The normalized spacial score (nSPS) is 52.0. The first-order valence-electron chi connectivity index (χ1n) is 8.60. The highest BCUT2D eigenvalue weighted by atomic mass is 16.3. The molecule has 0 aromatic carbocycles. The van der Waals surface area contributed by atoms with Crippen LogP contribution in [0.1, 0.15) is 52.4 Å². The van der Waals surface area contributed by atoms with E-state index in [4.69, 9.17) is 5.41 Å². The molecule has 4 rings (SSSR count). The molecule has 4 aliphatic rings. The van der Waals surface area contributed by atoms with E-state index in [-0.39, 0.29) is 16.9 Å². The van der Waals surface area contributed by atoms with E-state index in [2.05, 4.69) is 26.0 Å². The monoisotopic (exact) mass is 285 g/mol. The third-order valence-electron chi connectivity index (χ3n) is 7.41. The standard InChI is InChI=1S/C19H27NO/c1-18-9-7-13(21)11-12(18)3-4-14-15-5-6-17(20)19(15,2)10-8-16(14)18/h3,7,9,13-16,20-21H,4-6,8,10-11H2,1-2H3/t13?,14-,15-,16+,18-,19-/m0/s1. The molecule has 21 heavy (non-hydrogen) atoms. The Hall–Kier alpha value is -0.890. The van der Waals surface area contributed by atoms with Crippen LogP contribution in [-0.4, -0.2) is 16.9 Å². The molecule has 2 heteroatoms. The van der Waals surface area contributed by atoms with Gasteiger partial charge in [0, 0.05) is 16.5 Å². The van der Waals surface area contributed by atoms with Gasteiger partial charge in [0.2, 0.25) is 0 Å². The fraction of sp³-hybridized carbons (Fsp3) is 0.737. The van der Waals surface area contributed by atoms with Crippen LogP contribution in [0.15, 0.2) is 23.8 Å². The Labute approximate surface area is 127 Å². The smallest absolute Gasteiger partial charge is 0.0758 e. The average molecular weight is 285 g/mol. The Morgan fingerprint density at radius 2 is 2.05 bits per heavy atom. The molecule has 0 amide bonds. The van der Waals surface area contributed by atoms with Gasteiger partial charge in [0.05, 0.1) is 6.10 Å². The van der Waals surface area contributed by atoms with Crippen LogP contribution in [0.2, 0.25) is 0 Å². The first kappa shape index (κ1) is 13.8. The van der Waals surface area contributed by atoms with Crippen molar-refractivity contribution in [3.8, 4) is 0 Å². The Morgan fingerprint density at radius 1 is 1.24 bits per heavy atom. The fourth-order valence-corrected chi connectivity index (χ4v) is 6.05. The van der Waals surface area contributed by atoms with E-state index in [1.807, 2.05) is 6.08 Å². The van der Waals surface area contributed by atoms with Crippen molar-refractivity contribution in [1.29, 1.82) is 5.41 Å². The first-order chi connectivity index (χ1) is 9.95.